The maximum atomic E-state index is 12.0. The minimum absolute atomic E-state index is 0.0847. The van der Waals surface area contributed by atoms with Gasteiger partial charge in [-0.05, 0) is 25.1 Å². The molecule has 2 N–H and O–H groups in total. The van der Waals surface area contributed by atoms with E-state index in [2.05, 4.69) is 0 Å². The van der Waals surface area contributed by atoms with Gasteiger partial charge in [0.05, 0.1) is 27.6 Å². The maximum absolute atomic E-state index is 12.0. The number of hydrogen-bond acceptors (Lipinski definition) is 3. The van der Waals surface area contributed by atoms with E-state index in [0.717, 1.165) is 0 Å². The van der Waals surface area contributed by atoms with Crippen LogP contribution in [0.3, 0.4) is 0 Å². The van der Waals surface area contributed by atoms with Crippen molar-refractivity contribution in [2.24, 2.45) is 0 Å². The van der Waals surface area contributed by atoms with E-state index >= 15 is 0 Å². The molecule has 1 aromatic carbocycles. The number of nitrogen functional groups attached to an aromatic ring is 1. The van der Waals surface area contributed by atoms with Gasteiger partial charge in [0.25, 0.3) is 0 Å². The van der Waals surface area contributed by atoms with Crippen LogP contribution in [-0.2, 0) is 15.5 Å². The summed E-state index contributed by atoms with van der Waals surface area (Å²) in [7, 11) is 0.426. The summed E-state index contributed by atoms with van der Waals surface area (Å²) in [5, 5.41) is 0.464. The molecular weight excluding hydrogens is 234 g/mol. The van der Waals surface area contributed by atoms with Crippen molar-refractivity contribution in [3.63, 3.8) is 0 Å². The largest absolute Gasteiger partial charge is 0.398 e. The van der Waals surface area contributed by atoms with Crippen molar-refractivity contribution in [3.05, 3.63) is 23.2 Å². The third-order valence-corrected chi connectivity index (χ3v) is 3.86. The standard InChI is InChI=1S/C10H14ClNO2S/c1-7(6-14-2)15(13)10-4-3-8(11)5-9(10)12/h3-5,7H,6,12H2,1-2H3. The summed E-state index contributed by atoms with van der Waals surface area (Å²) in [6, 6.07) is 4.99. The van der Waals surface area contributed by atoms with E-state index < -0.39 is 10.8 Å². The molecule has 0 aliphatic carbocycles. The molecule has 5 heteroatoms. The maximum Gasteiger partial charge on any atom is 0.0622 e. The molecule has 0 aromatic heterocycles. The molecule has 1 rings (SSSR count). The van der Waals surface area contributed by atoms with Gasteiger partial charge in [-0.2, -0.15) is 0 Å². The van der Waals surface area contributed by atoms with Gasteiger partial charge in [-0.3, -0.25) is 4.21 Å². The second kappa shape index (κ2) is 5.49. The van der Waals surface area contributed by atoms with Crippen LogP contribution in [0.1, 0.15) is 6.92 Å². The molecule has 0 aliphatic heterocycles. The Morgan fingerprint density at radius 3 is 2.80 bits per heavy atom. The van der Waals surface area contributed by atoms with Crippen LogP contribution in [0.4, 0.5) is 5.69 Å². The van der Waals surface area contributed by atoms with Gasteiger partial charge in [0, 0.05) is 17.8 Å². The first-order valence-corrected chi connectivity index (χ1v) is 6.10. The molecule has 0 radical (unpaired) electrons. The van der Waals surface area contributed by atoms with E-state index in [1.54, 1.807) is 25.3 Å². The van der Waals surface area contributed by atoms with Crippen molar-refractivity contribution in [2.75, 3.05) is 19.5 Å². The Morgan fingerprint density at radius 1 is 1.60 bits per heavy atom. The summed E-state index contributed by atoms with van der Waals surface area (Å²) < 4.78 is 16.9. The molecule has 2 atom stereocenters. The van der Waals surface area contributed by atoms with Gasteiger partial charge in [0.2, 0.25) is 0 Å². The van der Waals surface area contributed by atoms with E-state index in [4.69, 9.17) is 22.1 Å². The molecule has 0 saturated heterocycles. The molecule has 0 amide bonds. The Bertz CT molecular complexity index is 370. The molecule has 15 heavy (non-hydrogen) atoms. The monoisotopic (exact) mass is 247 g/mol. The minimum Gasteiger partial charge on any atom is -0.398 e. The fourth-order valence-corrected chi connectivity index (χ4v) is 2.58. The lowest BCUT2D eigenvalue weighted by Crippen LogP contribution is -2.18. The molecule has 0 saturated carbocycles. The Morgan fingerprint density at radius 2 is 2.27 bits per heavy atom. The SMILES string of the molecule is COCC(C)S(=O)c1ccc(Cl)cc1N. The van der Waals surface area contributed by atoms with Crippen LogP contribution < -0.4 is 5.73 Å². The van der Waals surface area contributed by atoms with Crippen molar-refractivity contribution in [2.45, 2.75) is 17.1 Å². The van der Waals surface area contributed by atoms with Crippen molar-refractivity contribution in [3.8, 4) is 0 Å². The van der Waals surface area contributed by atoms with E-state index in [0.29, 0.717) is 22.2 Å². The number of benzene rings is 1. The second-order valence-corrected chi connectivity index (χ2v) is 5.52. The van der Waals surface area contributed by atoms with Gasteiger partial charge in [0.1, 0.15) is 0 Å². The van der Waals surface area contributed by atoms with Gasteiger partial charge >= 0.3 is 0 Å². The highest BCUT2D eigenvalue weighted by Crippen LogP contribution is 2.23. The smallest absolute Gasteiger partial charge is 0.0622 e. The zero-order valence-corrected chi connectivity index (χ0v) is 10.3. The van der Waals surface area contributed by atoms with Crippen LogP contribution in [0.5, 0.6) is 0 Å². The molecule has 2 unspecified atom stereocenters. The summed E-state index contributed by atoms with van der Waals surface area (Å²) in [4.78, 5) is 0.615. The topological polar surface area (TPSA) is 52.3 Å². The predicted octanol–water partition coefficient (Wildman–Crippen LogP) is 2.06. The first kappa shape index (κ1) is 12.5. The van der Waals surface area contributed by atoms with Crippen molar-refractivity contribution in [1.82, 2.24) is 0 Å². The third-order valence-electron chi connectivity index (χ3n) is 1.96. The number of nitrogens with two attached hydrogens (primary N) is 1. The fraction of sp³-hybridized carbons (Fsp3) is 0.400. The fourth-order valence-electron chi connectivity index (χ4n) is 1.22. The molecule has 84 valence electrons. The van der Waals surface area contributed by atoms with Gasteiger partial charge in [-0.1, -0.05) is 11.6 Å². The lowest BCUT2D eigenvalue weighted by Gasteiger charge is -2.12. The summed E-state index contributed by atoms with van der Waals surface area (Å²) in [6.07, 6.45) is 0. The minimum atomic E-state index is -1.16. The number of methoxy groups -OCH3 is 1. The van der Waals surface area contributed by atoms with Gasteiger partial charge in [0.15, 0.2) is 0 Å². The Labute approximate surface area is 97.0 Å². The van der Waals surface area contributed by atoms with Crippen LogP contribution >= 0.6 is 11.6 Å². The number of rotatable bonds is 4. The van der Waals surface area contributed by atoms with E-state index in [1.807, 2.05) is 6.92 Å². The first-order valence-electron chi connectivity index (χ1n) is 4.50. The number of ether oxygens (including phenoxy) is 1. The van der Waals surface area contributed by atoms with E-state index in [9.17, 15) is 4.21 Å². The van der Waals surface area contributed by atoms with Gasteiger partial charge < -0.3 is 10.5 Å². The average Bonchev–Trinajstić information content (AvgIpc) is 2.17. The molecule has 0 bridgehead atoms. The molecular formula is C10H14ClNO2S. The zero-order chi connectivity index (χ0) is 11.4. The van der Waals surface area contributed by atoms with Crippen LogP contribution in [0.2, 0.25) is 5.02 Å². The first-order chi connectivity index (χ1) is 7.06. The molecule has 0 aliphatic rings. The molecule has 3 nitrogen and oxygen atoms in total. The van der Waals surface area contributed by atoms with Gasteiger partial charge in [-0.15, -0.1) is 0 Å². The zero-order valence-electron chi connectivity index (χ0n) is 8.70. The molecule has 0 fully saturated rings. The highest BCUT2D eigenvalue weighted by molar-refractivity contribution is 7.85. The summed E-state index contributed by atoms with van der Waals surface area (Å²) in [5.74, 6) is 0. The lowest BCUT2D eigenvalue weighted by atomic mass is 10.3. The highest BCUT2D eigenvalue weighted by atomic mass is 35.5. The van der Waals surface area contributed by atoms with E-state index in [1.165, 1.54) is 0 Å². The van der Waals surface area contributed by atoms with Crippen LogP contribution in [0.25, 0.3) is 0 Å². The van der Waals surface area contributed by atoms with Gasteiger partial charge in [-0.25, -0.2) is 0 Å². The van der Waals surface area contributed by atoms with Crippen LogP contribution in [0.15, 0.2) is 23.1 Å². The summed E-state index contributed by atoms with van der Waals surface area (Å²) in [5.41, 5.74) is 6.20. The Kier molecular flexibility index (Phi) is 4.57. The normalized spacial score (nSPS) is 14.9. The third kappa shape index (κ3) is 3.19. The lowest BCUT2D eigenvalue weighted by molar-refractivity contribution is 0.202. The number of anilines is 1. The predicted molar refractivity (Wildman–Crippen MR) is 63.6 cm³/mol. The molecule has 1 aromatic rings. The average molecular weight is 248 g/mol. The second-order valence-electron chi connectivity index (χ2n) is 3.25. The summed E-state index contributed by atoms with van der Waals surface area (Å²) >= 11 is 5.76. The Balaban J connectivity index is 2.91. The van der Waals surface area contributed by atoms with E-state index in [-0.39, 0.29) is 5.25 Å². The summed E-state index contributed by atoms with van der Waals surface area (Å²) in [6.45, 7) is 2.29. The van der Waals surface area contributed by atoms with Crippen molar-refractivity contribution in [1.29, 1.82) is 0 Å². The quantitative estimate of drug-likeness (QED) is 0.829. The van der Waals surface area contributed by atoms with Crippen LogP contribution in [-0.4, -0.2) is 23.2 Å². The number of hydrogen-bond donors (Lipinski definition) is 1. The Hall–Kier alpha value is -0.580. The van der Waals surface area contributed by atoms with Crippen molar-refractivity contribution < 1.29 is 8.95 Å². The van der Waals surface area contributed by atoms with Crippen molar-refractivity contribution >= 4 is 28.1 Å². The number of halogens is 1. The molecule has 0 heterocycles. The van der Waals surface area contributed by atoms with Crippen LogP contribution in [0, 0.1) is 0 Å². The highest BCUT2D eigenvalue weighted by Gasteiger charge is 2.15. The molecule has 0 spiro atoms.